The number of rotatable bonds is 10. The van der Waals surface area contributed by atoms with Crippen molar-refractivity contribution in [1.82, 2.24) is 9.88 Å². The number of hydrogen-bond acceptors (Lipinski definition) is 2. The molecule has 1 aliphatic carbocycles. The minimum absolute atomic E-state index is 0.885. The summed E-state index contributed by atoms with van der Waals surface area (Å²) in [6.07, 6.45) is 9.47. The van der Waals surface area contributed by atoms with Crippen molar-refractivity contribution in [2.75, 3.05) is 19.8 Å². The fourth-order valence-electron chi connectivity index (χ4n) is 2.06. The number of aryl methyl sites for hydroxylation is 1. The highest BCUT2D eigenvalue weighted by molar-refractivity contribution is 5.09. The van der Waals surface area contributed by atoms with Crippen molar-refractivity contribution in [3.8, 4) is 0 Å². The Balaban J connectivity index is 1.46. The Labute approximate surface area is 111 Å². The second-order valence-electron chi connectivity index (χ2n) is 5.31. The Morgan fingerprint density at radius 2 is 2.33 bits per heavy atom. The van der Waals surface area contributed by atoms with Crippen molar-refractivity contribution < 1.29 is 4.74 Å². The van der Waals surface area contributed by atoms with E-state index in [1.165, 1.54) is 24.8 Å². The molecule has 102 valence electrons. The van der Waals surface area contributed by atoms with Crippen molar-refractivity contribution >= 4 is 0 Å². The lowest BCUT2D eigenvalue weighted by atomic mass is 10.3. The van der Waals surface area contributed by atoms with E-state index in [0.29, 0.717) is 0 Å². The van der Waals surface area contributed by atoms with Gasteiger partial charge in [-0.05, 0) is 49.8 Å². The fraction of sp³-hybridized carbons (Fsp3) is 0.733. The summed E-state index contributed by atoms with van der Waals surface area (Å²) < 4.78 is 7.86. The van der Waals surface area contributed by atoms with E-state index in [1.54, 1.807) is 0 Å². The van der Waals surface area contributed by atoms with Crippen molar-refractivity contribution in [2.24, 2.45) is 5.92 Å². The molecule has 1 aliphatic rings. The zero-order chi connectivity index (χ0) is 12.6. The monoisotopic (exact) mass is 250 g/mol. The summed E-state index contributed by atoms with van der Waals surface area (Å²) in [5.41, 5.74) is 1.38. The van der Waals surface area contributed by atoms with Crippen molar-refractivity contribution in [3.05, 3.63) is 24.0 Å². The Kier molecular flexibility index (Phi) is 5.75. The predicted octanol–water partition coefficient (Wildman–Crippen LogP) is 2.80. The van der Waals surface area contributed by atoms with Gasteiger partial charge in [0.2, 0.25) is 0 Å². The lowest BCUT2D eigenvalue weighted by Crippen LogP contribution is -2.16. The first-order chi connectivity index (χ1) is 8.88. The van der Waals surface area contributed by atoms with Crippen molar-refractivity contribution in [3.63, 3.8) is 0 Å². The van der Waals surface area contributed by atoms with E-state index in [-0.39, 0.29) is 0 Å². The van der Waals surface area contributed by atoms with Gasteiger partial charge in [0.15, 0.2) is 0 Å². The second-order valence-corrected chi connectivity index (χ2v) is 5.31. The highest BCUT2D eigenvalue weighted by Gasteiger charge is 2.20. The first-order valence-corrected chi connectivity index (χ1v) is 7.31. The van der Waals surface area contributed by atoms with Gasteiger partial charge >= 0.3 is 0 Å². The molecule has 0 spiro atoms. The molecule has 1 heterocycles. The molecule has 1 aromatic heterocycles. The normalized spacial score (nSPS) is 15.2. The molecule has 0 aromatic carbocycles. The summed E-state index contributed by atoms with van der Waals surface area (Å²) in [4.78, 5) is 0. The molecule has 3 heteroatoms. The van der Waals surface area contributed by atoms with Gasteiger partial charge in [-0.25, -0.2) is 0 Å². The van der Waals surface area contributed by atoms with Crippen LogP contribution in [0.5, 0.6) is 0 Å². The van der Waals surface area contributed by atoms with Crippen LogP contribution in [0.4, 0.5) is 0 Å². The van der Waals surface area contributed by atoms with E-state index in [2.05, 4.69) is 35.3 Å². The molecule has 0 aliphatic heterocycles. The average molecular weight is 250 g/mol. The summed E-state index contributed by atoms with van der Waals surface area (Å²) in [7, 11) is 0. The molecule has 3 nitrogen and oxygen atoms in total. The summed E-state index contributed by atoms with van der Waals surface area (Å²) in [6.45, 7) is 7.23. The van der Waals surface area contributed by atoms with E-state index in [9.17, 15) is 0 Å². The summed E-state index contributed by atoms with van der Waals surface area (Å²) in [6, 6.07) is 2.20. The molecule has 0 radical (unpaired) electrons. The zero-order valence-corrected chi connectivity index (χ0v) is 11.5. The molecule has 0 amide bonds. The standard InChI is InChI=1S/C15H26N2O/c1-2-8-17-9-6-15(12-17)11-16-7-3-10-18-13-14-4-5-14/h6,9,12,14,16H,2-5,7-8,10-11,13H2,1H3. The fourth-order valence-corrected chi connectivity index (χ4v) is 2.06. The maximum absolute atomic E-state index is 5.60. The molecule has 1 N–H and O–H groups in total. The maximum Gasteiger partial charge on any atom is 0.0494 e. The molecule has 1 aromatic rings. The topological polar surface area (TPSA) is 26.2 Å². The number of ether oxygens (including phenoxy) is 1. The Bertz CT molecular complexity index is 331. The van der Waals surface area contributed by atoms with Crippen LogP contribution < -0.4 is 5.32 Å². The van der Waals surface area contributed by atoms with Crippen molar-refractivity contribution in [2.45, 2.75) is 45.7 Å². The zero-order valence-electron chi connectivity index (χ0n) is 11.5. The number of nitrogens with one attached hydrogen (secondary N) is 1. The molecule has 0 bridgehead atoms. The molecule has 18 heavy (non-hydrogen) atoms. The summed E-state index contributed by atoms with van der Waals surface area (Å²) >= 11 is 0. The molecule has 0 unspecified atom stereocenters. The minimum atomic E-state index is 0.885. The first kappa shape index (κ1) is 13.6. The van der Waals surface area contributed by atoms with Gasteiger partial charge in [0.05, 0.1) is 0 Å². The first-order valence-electron chi connectivity index (χ1n) is 7.31. The average Bonchev–Trinajstić information content (AvgIpc) is 3.09. The summed E-state index contributed by atoms with van der Waals surface area (Å²) in [5, 5.41) is 3.47. The van der Waals surface area contributed by atoms with Crippen LogP contribution in [0.3, 0.4) is 0 Å². The van der Waals surface area contributed by atoms with E-state index < -0.39 is 0 Å². The van der Waals surface area contributed by atoms with Crippen LogP contribution in [0, 0.1) is 5.92 Å². The smallest absolute Gasteiger partial charge is 0.0494 e. The van der Waals surface area contributed by atoms with Crippen LogP contribution in [0.2, 0.25) is 0 Å². The molecular formula is C15H26N2O. The van der Waals surface area contributed by atoms with Gasteiger partial charge in [0.25, 0.3) is 0 Å². The second kappa shape index (κ2) is 7.59. The van der Waals surface area contributed by atoms with Gasteiger partial charge in [-0.15, -0.1) is 0 Å². The quantitative estimate of drug-likeness (QED) is 0.646. The van der Waals surface area contributed by atoms with Crippen LogP contribution in [-0.4, -0.2) is 24.3 Å². The molecule has 1 saturated carbocycles. The van der Waals surface area contributed by atoms with E-state index in [4.69, 9.17) is 4.74 Å². The number of hydrogen-bond donors (Lipinski definition) is 1. The lowest BCUT2D eigenvalue weighted by molar-refractivity contribution is 0.122. The van der Waals surface area contributed by atoms with Gasteiger partial charge in [0, 0.05) is 38.7 Å². The van der Waals surface area contributed by atoms with Gasteiger partial charge in [-0.1, -0.05) is 6.92 Å². The molecule has 0 saturated heterocycles. The SMILES string of the molecule is CCCn1ccc(CNCCCOCC2CC2)c1. The maximum atomic E-state index is 5.60. The predicted molar refractivity (Wildman–Crippen MR) is 74.6 cm³/mol. The van der Waals surface area contributed by atoms with E-state index in [0.717, 1.165) is 45.2 Å². The number of nitrogens with zero attached hydrogens (tertiary/aromatic N) is 1. The third kappa shape index (κ3) is 5.23. The number of aromatic nitrogens is 1. The Morgan fingerprint density at radius 3 is 3.11 bits per heavy atom. The van der Waals surface area contributed by atoms with E-state index >= 15 is 0 Å². The van der Waals surface area contributed by atoms with Crippen LogP contribution in [-0.2, 0) is 17.8 Å². The lowest BCUT2D eigenvalue weighted by Gasteiger charge is -2.04. The van der Waals surface area contributed by atoms with Crippen LogP contribution in [0.1, 0.15) is 38.2 Å². The highest BCUT2D eigenvalue weighted by Crippen LogP contribution is 2.28. The van der Waals surface area contributed by atoms with Crippen LogP contribution in [0.25, 0.3) is 0 Å². The van der Waals surface area contributed by atoms with Gasteiger partial charge in [0.1, 0.15) is 0 Å². The third-order valence-electron chi connectivity index (χ3n) is 3.32. The molecule has 0 atom stereocenters. The third-order valence-corrected chi connectivity index (χ3v) is 3.32. The highest BCUT2D eigenvalue weighted by atomic mass is 16.5. The summed E-state index contributed by atoms with van der Waals surface area (Å²) in [5.74, 6) is 0.885. The van der Waals surface area contributed by atoms with Gasteiger partial charge < -0.3 is 14.6 Å². The van der Waals surface area contributed by atoms with Gasteiger partial charge in [-0.3, -0.25) is 0 Å². The molecule has 1 fully saturated rings. The van der Waals surface area contributed by atoms with E-state index in [1.807, 2.05) is 0 Å². The van der Waals surface area contributed by atoms with Crippen molar-refractivity contribution in [1.29, 1.82) is 0 Å². The largest absolute Gasteiger partial charge is 0.381 e. The molecular weight excluding hydrogens is 224 g/mol. The Morgan fingerprint density at radius 1 is 1.44 bits per heavy atom. The van der Waals surface area contributed by atoms with Crippen LogP contribution in [0.15, 0.2) is 18.5 Å². The van der Waals surface area contributed by atoms with Crippen LogP contribution >= 0.6 is 0 Å². The minimum Gasteiger partial charge on any atom is -0.381 e. The Hall–Kier alpha value is -0.800. The van der Waals surface area contributed by atoms with Gasteiger partial charge in [-0.2, -0.15) is 0 Å². The molecule has 2 rings (SSSR count).